The van der Waals surface area contributed by atoms with E-state index in [1.807, 2.05) is 13.8 Å². The molecule has 1 aliphatic rings. The van der Waals surface area contributed by atoms with Gasteiger partial charge in [0.25, 0.3) is 0 Å². The van der Waals surface area contributed by atoms with Gasteiger partial charge in [0, 0.05) is 20.1 Å². The zero-order valence-electron chi connectivity index (χ0n) is 7.33. The summed E-state index contributed by atoms with van der Waals surface area (Å²) in [6.45, 7) is 4.44. The van der Waals surface area contributed by atoms with Crippen molar-refractivity contribution in [3.05, 3.63) is 0 Å². The highest BCUT2D eigenvalue weighted by Gasteiger charge is 2.40. The molecule has 0 aromatic heterocycles. The molecule has 1 aliphatic heterocycles. The van der Waals surface area contributed by atoms with Gasteiger partial charge in [-0.25, -0.2) is 0 Å². The molecule has 0 spiro atoms. The lowest BCUT2D eigenvalue weighted by Gasteiger charge is -2.40. The van der Waals surface area contributed by atoms with Crippen LogP contribution in [0.25, 0.3) is 0 Å². The number of aliphatic hydroxyl groups is 1. The average Bonchev–Trinajstić information content (AvgIpc) is 2.00. The first-order valence-electron chi connectivity index (χ1n) is 3.95. The van der Waals surface area contributed by atoms with Crippen molar-refractivity contribution >= 4 is 0 Å². The highest BCUT2D eigenvalue weighted by atomic mass is 16.5. The molecule has 3 heteroatoms. The van der Waals surface area contributed by atoms with Crippen molar-refractivity contribution in [3.8, 4) is 0 Å². The third-order valence-corrected chi connectivity index (χ3v) is 2.52. The molecule has 3 atom stereocenters. The predicted octanol–water partition coefficient (Wildman–Crippen LogP) is 0.561. The number of hydrogen-bond acceptors (Lipinski definition) is 3. The molecule has 0 aliphatic carbocycles. The number of aliphatic hydroxyl groups excluding tert-OH is 1. The lowest BCUT2D eigenvalue weighted by Crippen LogP contribution is -2.52. The maximum atomic E-state index is 9.65. The molecule has 1 rings (SSSR count). The maximum Gasteiger partial charge on any atom is 0.109 e. The van der Waals surface area contributed by atoms with E-state index >= 15 is 0 Å². The second-order valence-corrected chi connectivity index (χ2v) is 3.29. The standard InChI is InChI=1S/C8H16O3/c1-6-7(9)8(2,10-3)4-5-11-6/h6-7,9H,4-5H2,1-3H3/t6-,7?,8?/m0/s1. The molecule has 0 bridgehead atoms. The molecular weight excluding hydrogens is 144 g/mol. The topological polar surface area (TPSA) is 38.7 Å². The second kappa shape index (κ2) is 3.09. The predicted molar refractivity (Wildman–Crippen MR) is 41.5 cm³/mol. The van der Waals surface area contributed by atoms with E-state index in [0.717, 1.165) is 6.42 Å². The van der Waals surface area contributed by atoms with Crippen molar-refractivity contribution in [2.45, 2.75) is 38.1 Å². The normalized spacial score (nSPS) is 45.8. The summed E-state index contributed by atoms with van der Waals surface area (Å²) in [6, 6.07) is 0. The van der Waals surface area contributed by atoms with Crippen LogP contribution in [0.4, 0.5) is 0 Å². The summed E-state index contributed by atoms with van der Waals surface area (Å²) >= 11 is 0. The van der Waals surface area contributed by atoms with Crippen molar-refractivity contribution in [2.24, 2.45) is 0 Å². The Balaban J connectivity index is 2.64. The monoisotopic (exact) mass is 160 g/mol. The smallest absolute Gasteiger partial charge is 0.109 e. The van der Waals surface area contributed by atoms with E-state index in [-0.39, 0.29) is 6.10 Å². The summed E-state index contributed by atoms with van der Waals surface area (Å²) in [5.41, 5.74) is -0.419. The van der Waals surface area contributed by atoms with Crippen LogP contribution in [-0.4, -0.2) is 36.6 Å². The fourth-order valence-corrected chi connectivity index (χ4v) is 1.41. The lowest BCUT2D eigenvalue weighted by atomic mass is 9.89. The van der Waals surface area contributed by atoms with Crippen LogP contribution in [0.3, 0.4) is 0 Å². The first-order chi connectivity index (χ1) is 5.10. The number of ether oxygens (including phenoxy) is 2. The number of hydrogen-bond donors (Lipinski definition) is 1. The molecule has 0 saturated carbocycles. The first-order valence-corrected chi connectivity index (χ1v) is 3.95. The summed E-state index contributed by atoms with van der Waals surface area (Å²) in [5, 5.41) is 9.65. The molecule has 2 unspecified atom stereocenters. The van der Waals surface area contributed by atoms with E-state index in [9.17, 15) is 5.11 Å². The van der Waals surface area contributed by atoms with E-state index in [1.54, 1.807) is 7.11 Å². The first kappa shape index (κ1) is 8.97. The summed E-state index contributed by atoms with van der Waals surface area (Å²) in [4.78, 5) is 0. The van der Waals surface area contributed by atoms with Gasteiger partial charge in [0.2, 0.25) is 0 Å². The highest BCUT2D eigenvalue weighted by Crippen LogP contribution is 2.27. The van der Waals surface area contributed by atoms with Crippen molar-refractivity contribution in [3.63, 3.8) is 0 Å². The van der Waals surface area contributed by atoms with Gasteiger partial charge in [-0.2, -0.15) is 0 Å². The SMILES string of the molecule is COC1(C)CCO[C@@H](C)C1O. The van der Waals surface area contributed by atoms with E-state index in [1.165, 1.54) is 0 Å². The van der Waals surface area contributed by atoms with Gasteiger partial charge in [0.15, 0.2) is 0 Å². The largest absolute Gasteiger partial charge is 0.387 e. The third kappa shape index (κ3) is 1.55. The summed E-state index contributed by atoms with van der Waals surface area (Å²) < 4.78 is 10.5. The Kier molecular flexibility index (Phi) is 2.52. The Bertz CT molecular complexity index is 137. The minimum atomic E-state index is -0.513. The van der Waals surface area contributed by atoms with Crippen LogP contribution in [0.2, 0.25) is 0 Å². The van der Waals surface area contributed by atoms with Gasteiger partial charge in [0.1, 0.15) is 6.10 Å². The maximum absolute atomic E-state index is 9.65. The summed E-state index contributed by atoms with van der Waals surface area (Å²) in [5.74, 6) is 0. The van der Waals surface area contributed by atoms with Gasteiger partial charge in [-0.05, 0) is 13.8 Å². The molecule has 3 nitrogen and oxygen atoms in total. The van der Waals surface area contributed by atoms with Crippen LogP contribution in [0.15, 0.2) is 0 Å². The molecule has 1 saturated heterocycles. The van der Waals surface area contributed by atoms with Crippen molar-refractivity contribution < 1.29 is 14.6 Å². The molecule has 0 radical (unpaired) electrons. The quantitative estimate of drug-likeness (QED) is 0.609. The van der Waals surface area contributed by atoms with Crippen molar-refractivity contribution in [1.82, 2.24) is 0 Å². The molecule has 1 heterocycles. The van der Waals surface area contributed by atoms with Gasteiger partial charge < -0.3 is 14.6 Å². The van der Waals surface area contributed by atoms with Crippen molar-refractivity contribution in [1.29, 1.82) is 0 Å². The van der Waals surface area contributed by atoms with Gasteiger partial charge in [-0.15, -0.1) is 0 Å². The third-order valence-electron chi connectivity index (χ3n) is 2.52. The summed E-state index contributed by atoms with van der Waals surface area (Å²) in [7, 11) is 1.63. The Morgan fingerprint density at radius 1 is 1.64 bits per heavy atom. The zero-order chi connectivity index (χ0) is 8.48. The Labute approximate surface area is 67.3 Å². The van der Waals surface area contributed by atoms with Gasteiger partial charge in [-0.3, -0.25) is 0 Å². The van der Waals surface area contributed by atoms with Crippen LogP contribution in [0.1, 0.15) is 20.3 Å². The minimum Gasteiger partial charge on any atom is -0.387 e. The molecule has 66 valence electrons. The van der Waals surface area contributed by atoms with Crippen LogP contribution in [0, 0.1) is 0 Å². The molecule has 0 aromatic rings. The minimum absolute atomic E-state index is 0.117. The van der Waals surface area contributed by atoms with E-state index in [2.05, 4.69) is 0 Å². The zero-order valence-corrected chi connectivity index (χ0v) is 7.33. The van der Waals surface area contributed by atoms with Gasteiger partial charge >= 0.3 is 0 Å². The summed E-state index contributed by atoms with van der Waals surface area (Å²) in [6.07, 6.45) is 0.129. The van der Waals surface area contributed by atoms with Gasteiger partial charge in [-0.1, -0.05) is 0 Å². The van der Waals surface area contributed by atoms with E-state index in [4.69, 9.17) is 9.47 Å². The van der Waals surface area contributed by atoms with Crippen molar-refractivity contribution in [2.75, 3.05) is 13.7 Å². The molecule has 0 amide bonds. The number of rotatable bonds is 1. The molecule has 1 fully saturated rings. The van der Waals surface area contributed by atoms with E-state index < -0.39 is 11.7 Å². The van der Waals surface area contributed by atoms with Gasteiger partial charge in [0.05, 0.1) is 11.7 Å². The van der Waals surface area contributed by atoms with E-state index in [0.29, 0.717) is 6.61 Å². The molecule has 0 aromatic carbocycles. The second-order valence-electron chi connectivity index (χ2n) is 3.29. The van der Waals surface area contributed by atoms with Crippen LogP contribution >= 0.6 is 0 Å². The molecule has 11 heavy (non-hydrogen) atoms. The Hall–Kier alpha value is -0.120. The van der Waals surface area contributed by atoms with Crippen LogP contribution in [-0.2, 0) is 9.47 Å². The van der Waals surface area contributed by atoms with Crippen LogP contribution in [0.5, 0.6) is 0 Å². The fraction of sp³-hybridized carbons (Fsp3) is 1.00. The Morgan fingerprint density at radius 3 is 2.73 bits per heavy atom. The average molecular weight is 160 g/mol. The van der Waals surface area contributed by atoms with Crippen LogP contribution < -0.4 is 0 Å². The highest BCUT2D eigenvalue weighted by molar-refractivity contribution is 4.90. The number of methoxy groups -OCH3 is 1. The molecular formula is C8H16O3. The fourth-order valence-electron chi connectivity index (χ4n) is 1.41. The lowest BCUT2D eigenvalue weighted by molar-refractivity contribution is -0.188. The molecule has 1 N–H and O–H groups in total. The Morgan fingerprint density at radius 2 is 2.27 bits per heavy atom.